The zero-order valence-electron chi connectivity index (χ0n) is 14.3. The molecule has 24 heavy (non-hydrogen) atoms. The van der Waals surface area contributed by atoms with Gasteiger partial charge in [0.15, 0.2) is 0 Å². The van der Waals surface area contributed by atoms with Crippen LogP contribution in [0.15, 0.2) is 36.7 Å². The van der Waals surface area contributed by atoms with Crippen molar-refractivity contribution in [3.05, 3.63) is 53.6 Å². The zero-order chi connectivity index (χ0) is 16.5. The highest BCUT2D eigenvalue weighted by molar-refractivity contribution is 5.80. The van der Waals surface area contributed by atoms with Gasteiger partial charge in [-0.05, 0) is 38.2 Å². The van der Waals surface area contributed by atoms with Gasteiger partial charge in [0.1, 0.15) is 5.82 Å². The molecule has 0 atom stereocenters. The minimum atomic E-state index is 0.270. The minimum absolute atomic E-state index is 0.270. The second-order valence-corrected chi connectivity index (χ2v) is 7.28. The van der Waals surface area contributed by atoms with E-state index >= 15 is 0 Å². The third kappa shape index (κ3) is 3.23. The van der Waals surface area contributed by atoms with Crippen LogP contribution in [0.4, 0.5) is 0 Å². The van der Waals surface area contributed by atoms with Crippen LogP contribution in [-0.2, 0) is 17.9 Å². The van der Waals surface area contributed by atoms with Crippen molar-refractivity contribution in [1.82, 2.24) is 14.5 Å². The van der Waals surface area contributed by atoms with Gasteiger partial charge >= 0.3 is 0 Å². The van der Waals surface area contributed by atoms with Crippen molar-refractivity contribution in [3.63, 3.8) is 0 Å². The van der Waals surface area contributed by atoms with Gasteiger partial charge < -0.3 is 9.47 Å². The number of hydrogen-bond acceptors (Lipinski definition) is 2. The second kappa shape index (κ2) is 6.42. The number of aromatic nitrogens is 2. The Balaban J connectivity index is 1.48. The Labute approximate surface area is 143 Å². The Morgan fingerprint density at radius 1 is 1.21 bits per heavy atom. The summed E-state index contributed by atoms with van der Waals surface area (Å²) in [5.74, 6) is 1.62. The molecule has 0 aliphatic heterocycles. The first-order valence-corrected chi connectivity index (χ1v) is 9.07. The van der Waals surface area contributed by atoms with Crippen LogP contribution in [0.5, 0.6) is 0 Å². The molecule has 2 saturated carbocycles. The van der Waals surface area contributed by atoms with Crippen molar-refractivity contribution < 1.29 is 4.79 Å². The maximum atomic E-state index is 12.7. The summed E-state index contributed by atoms with van der Waals surface area (Å²) in [7, 11) is 0. The Bertz CT molecular complexity index is 711. The molecule has 0 saturated heterocycles. The lowest BCUT2D eigenvalue weighted by molar-refractivity contribution is -0.139. The first kappa shape index (κ1) is 15.4. The lowest BCUT2D eigenvalue weighted by Crippen LogP contribution is -2.40. The highest BCUT2D eigenvalue weighted by Gasteiger charge is 2.38. The second-order valence-electron chi connectivity index (χ2n) is 7.28. The summed E-state index contributed by atoms with van der Waals surface area (Å²) in [5, 5.41) is 0. The predicted octanol–water partition coefficient (Wildman–Crippen LogP) is 3.53. The largest absolute Gasteiger partial charge is 0.332 e. The first-order valence-electron chi connectivity index (χ1n) is 9.07. The third-order valence-electron chi connectivity index (χ3n) is 5.31. The molecule has 2 aliphatic rings. The molecule has 1 heterocycles. The SMILES string of the molecule is Cc1ccc(Cn2ccnc2CN(C(=O)C2CCC2)C2CC2)cc1. The lowest BCUT2D eigenvalue weighted by Gasteiger charge is -2.31. The van der Waals surface area contributed by atoms with Crippen LogP contribution in [0.2, 0.25) is 0 Å². The summed E-state index contributed by atoms with van der Waals surface area (Å²) in [6, 6.07) is 9.06. The van der Waals surface area contributed by atoms with E-state index in [1.54, 1.807) is 0 Å². The van der Waals surface area contributed by atoms with Gasteiger partial charge in [0.25, 0.3) is 0 Å². The van der Waals surface area contributed by atoms with E-state index in [4.69, 9.17) is 0 Å². The number of carbonyl (C=O) groups is 1. The summed E-state index contributed by atoms with van der Waals surface area (Å²) >= 11 is 0. The summed E-state index contributed by atoms with van der Waals surface area (Å²) in [5.41, 5.74) is 2.54. The Morgan fingerprint density at radius 2 is 1.96 bits per heavy atom. The molecule has 0 bridgehead atoms. The molecule has 0 radical (unpaired) electrons. The van der Waals surface area contributed by atoms with E-state index in [9.17, 15) is 4.79 Å². The highest BCUT2D eigenvalue weighted by Crippen LogP contribution is 2.34. The number of nitrogens with zero attached hydrogens (tertiary/aromatic N) is 3. The molecule has 1 aromatic heterocycles. The summed E-state index contributed by atoms with van der Waals surface area (Å²) in [6.45, 7) is 3.57. The number of rotatable bonds is 6. The maximum Gasteiger partial charge on any atom is 0.226 e. The van der Waals surface area contributed by atoms with Gasteiger partial charge in [-0.1, -0.05) is 36.2 Å². The van der Waals surface area contributed by atoms with Crippen LogP contribution in [0.25, 0.3) is 0 Å². The Morgan fingerprint density at radius 3 is 2.58 bits per heavy atom. The molecule has 1 amide bonds. The van der Waals surface area contributed by atoms with Gasteiger partial charge in [0.05, 0.1) is 6.54 Å². The molecule has 2 aromatic rings. The van der Waals surface area contributed by atoms with E-state index in [0.717, 1.165) is 38.1 Å². The van der Waals surface area contributed by atoms with Crippen molar-refractivity contribution >= 4 is 5.91 Å². The van der Waals surface area contributed by atoms with Crippen molar-refractivity contribution in [2.24, 2.45) is 5.92 Å². The van der Waals surface area contributed by atoms with E-state index in [0.29, 0.717) is 18.5 Å². The molecule has 4 heteroatoms. The van der Waals surface area contributed by atoms with Crippen LogP contribution in [0.1, 0.15) is 49.1 Å². The van der Waals surface area contributed by atoms with Crippen molar-refractivity contribution in [1.29, 1.82) is 0 Å². The number of hydrogen-bond donors (Lipinski definition) is 0. The summed E-state index contributed by atoms with van der Waals surface area (Å²) in [4.78, 5) is 19.4. The fourth-order valence-electron chi connectivity index (χ4n) is 3.34. The first-order chi connectivity index (χ1) is 11.7. The van der Waals surface area contributed by atoms with Gasteiger partial charge in [0.2, 0.25) is 5.91 Å². The van der Waals surface area contributed by atoms with Crippen molar-refractivity contribution in [2.75, 3.05) is 0 Å². The van der Waals surface area contributed by atoms with Gasteiger partial charge in [-0.15, -0.1) is 0 Å². The summed E-state index contributed by atoms with van der Waals surface area (Å²) in [6.07, 6.45) is 9.52. The lowest BCUT2D eigenvalue weighted by atomic mass is 9.84. The number of carbonyl (C=O) groups excluding carboxylic acids is 1. The molecule has 0 unspecified atom stereocenters. The van der Waals surface area contributed by atoms with E-state index in [1.165, 1.54) is 17.5 Å². The van der Waals surface area contributed by atoms with Crippen molar-refractivity contribution in [3.8, 4) is 0 Å². The molecule has 0 N–H and O–H groups in total. The van der Waals surface area contributed by atoms with E-state index in [2.05, 4.69) is 45.6 Å². The zero-order valence-corrected chi connectivity index (χ0v) is 14.3. The quantitative estimate of drug-likeness (QED) is 0.815. The monoisotopic (exact) mass is 323 g/mol. The minimum Gasteiger partial charge on any atom is -0.332 e. The van der Waals surface area contributed by atoms with Crippen LogP contribution >= 0.6 is 0 Å². The van der Waals surface area contributed by atoms with Crippen LogP contribution < -0.4 is 0 Å². The number of imidazole rings is 1. The third-order valence-corrected chi connectivity index (χ3v) is 5.31. The average Bonchev–Trinajstić information content (AvgIpc) is 3.27. The Kier molecular flexibility index (Phi) is 4.13. The summed E-state index contributed by atoms with van der Waals surface area (Å²) < 4.78 is 2.17. The predicted molar refractivity (Wildman–Crippen MR) is 93.4 cm³/mol. The molecule has 4 rings (SSSR count). The fourth-order valence-corrected chi connectivity index (χ4v) is 3.34. The van der Waals surface area contributed by atoms with Crippen LogP contribution in [-0.4, -0.2) is 26.4 Å². The molecule has 0 spiro atoms. The standard InChI is InChI=1S/C20H25N3O/c1-15-5-7-16(8-6-15)13-22-12-11-21-19(22)14-23(18-9-10-18)20(24)17-3-2-4-17/h5-8,11-12,17-18H,2-4,9-10,13-14H2,1H3. The number of aryl methyl sites for hydroxylation is 1. The van der Waals surface area contributed by atoms with E-state index in [-0.39, 0.29) is 5.92 Å². The van der Waals surface area contributed by atoms with Crippen molar-refractivity contribution in [2.45, 2.75) is 58.2 Å². The molecule has 4 nitrogen and oxygen atoms in total. The van der Waals surface area contributed by atoms with Gasteiger partial charge in [-0.3, -0.25) is 4.79 Å². The molecule has 2 aliphatic carbocycles. The Hall–Kier alpha value is -2.10. The normalized spacial score (nSPS) is 17.5. The number of amides is 1. The van der Waals surface area contributed by atoms with Gasteiger partial charge in [-0.2, -0.15) is 0 Å². The molecule has 2 fully saturated rings. The van der Waals surface area contributed by atoms with Crippen LogP contribution in [0.3, 0.4) is 0 Å². The topological polar surface area (TPSA) is 38.1 Å². The van der Waals surface area contributed by atoms with E-state index < -0.39 is 0 Å². The van der Waals surface area contributed by atoms with Gasteiger partial charge in [-0.25, -0.2) is 4.98 Å². The number of benzene rings is 1. The van der Waals surface area contributed by atoms with Gasteiger partial charge in [0, 0.05) is 30.9 Å². The van der Waals surface area contributed by atoms with E-state index in [1.807, 2.05) is 12.4 Å². The molecule has 1 aromatic carbocycles. The highest BCUT2D eigenvalue weighted by atomic mass is 16.2. The smallest absolute Gasteiger partial charge is 0.226 e. The molecular weight excluding hydrogens is 298 g/mol. The average molecular weight is 323 g/mol. The van der Waals surface area contributed by atoms with Crippen LogP contribution in [0, 0.1) is 12.8 Å². The molecule has 126 valence electrons. The molecular formula is C20H25N3O. The maximum absolute atomic E-state index is 12.7. The fraction of sp³-hybridized carbons (Fsp3) is 0.500.